The third-order valence-corrected chi connectivity index (χ3v) is 2.61. The van der Waals surface area contributed by atoms with Crippen LogP contribution in [0.1, 0.15) is 17.3 Å². The first-order valence-electron chi connectivity index (χ1n) is 5.68. The maximum Gasteiger partial charge on any atom is 0.184 e. The lowest BCUT2D eigenvalue weighted by molar-refractivity contribution is 0.0975. The molecule has 0 saturated carbocycles. The number of hydrogen-bond acceptors (Lipinski definition) is 2. The van der Waals surface area contributed by atoms with Crippen molar-refractivity contribution in [2.24, 2.45) is 0 Å². The fraction of sp³-hybridized carbons (Fsp3) is 0.133. The van der Waals surface area contributed by atoms with Gasteiger partial charge in [-0.25, -0.2) is 0 Å². The van der Waals surface area contributed by atoms with Crippen molar-refractivity contribution in [1.29, 1.82) is 0 Å². The second-order valence-electron chi connectivity index (χ2n) is 3.96. The van der Waals surface area contributed by atoms with Gasteiger partial charge in [0.15, 0.2) is 5.78 Å². The molecule has 1 atom stereocenters. The molecule has 0 unspecified atom stereocenters. The lowest BCUT2D eigenvalue weighted by Gasteiger charge is -2.14. The van der Waals surface area contributed by atoms with Crippen molar-refractivity contribution in [3.63, 3.8) is 0 Å². The average molecular weight is 225 g/mol. The maximum absolute atomic E-state index is 12.1. The first-order chi connectivity index (χ1) is 8.27. The maximum atomic E-state index is 12.1. The van der Waals surface area contributed by atoms with Gasteiger partial charge in [-0.05, 0) is 19.1 Å². The predicted molar refractivity (Wildman–Crippen MR) is 70.3 cm³/mol. The summed E-state index contributed by atoms with van der Waals surface area (Å²) in [6, 6.07) is 18.9. The van der Waals surface area contributed by atoms with Crippen molar-refractivity contribution < 1.29 is 4.79 Å². The molecule has 0 saturated heterocycles. The molecule has 0 aromatic heterocycles. The molecule has 0 spiro atoms. The first kappa shape index (κ1) is 11.4. The lowest BCUT2D eigenvalue weighted by Crippen LogP contribution is -2.26. The molecule has 0 radical (unpaired) electrons. The number of anilines is 1. The van der Waals surface area contributed by atoms with Crippen LogP contribution < -0.4 is 5.32 Å². The van der Waals surface area contributed by atoms with E-state index in [1.165, 1.54) is 0 Å². The summed E-state index contributed by atoms with van der Waals surface area (Å²) in [7, 11) is 0. The molecule has 2 aromatic rings. The van der Waals surface area contributed by atoms with Gasteiger partial charge in [0.1, 0.15) is 0 Å². The first-order valence-corrected chi connectivity index (χ1v) is 5.68. The van der Waals surface area contributed by atoms with Gasteiger partial charge in [-0.1, -0.05) is 48.5 Å². The van der Waals surface area contributed by atoms with E-state index in [9.17, 15) is 4.79 Å². The standard InChI is InChI=1S/C15H15NO/c1-12(16-14-10-6-3-7-11-14)15(17)13-8-4-2-5-9-13/h2-12,16H,1H3/t12-/m1/s1. The quantitative estimate of drug-likeness (QED) is 0.808. The van der Waals surface area contributed by atoms with E-state index in [0.717, 1.165) is 11.3 Å². The Bertz CT molecular complexity index is 479. The predicted octanol–water partition coefficient (Wildman–Crippen LogP) is 3.37. The minimum Gasteiger partial charge on any atom is -0.375 e. The van der Waals surface area contributed by atoms with Crippen molar-refractivity contribution in [2.45, 2.75) is 13.0 Å². The summed E-state index contributed by atoms with van der Waals surface area (Å²) in [5, 5.41) is 3.19. The molecular formula is C15H15NO. The fourth-order valence-corrected chi connectivity index (χ4v) is 1.70. The van der Waals surface area contributed by atoms with Crippen LogP contribution in [0, 0.1) is 0 Å². The summed E-state index contributed by atoms with van der Waals surface area (Å²) in [6.45, 7) is 1.88. The number of carbonyl (C=O) groups is 1. The molecule has 0 aliphatic rings. The number of benzene rings is 2. The largest absolute Gasteiger partial charge is 0.375 e. The Morgan fingerprint density at radius 1 is 0.941 bits per heavy atom. The Morgan fingerprint density at radius 3 is 2.06 bits per heavy atom. The van der Waals surface area contributed by atoms with E-state index in [4.69, 9.17) is 0 Å². The molecule has 86 valence electrons. The van der Waals surface area contributed by atoms with Gasteiger partial charge in [-0.2, -0.15) is 0 Å². The van der Waals surface area contributed by atoms with Crippen LogP contribution >= 0.6 is 0 Å². The molecule has 0 fully saturated rings. The minimum absolute atomic E-state index is 0.106. The van der Waals surface area contributed by atoms with Crippen molar-refractivity contribution in [3.8, 4) is 0 Å². The molecular weight excluding hydrogens is 210 g/mol. The Morgan fingerprint density at radius 2 is 1.47 bits per heavy atom. The normalized spacial score (nSPS) is 11.8. The van der Waals surface area contributed by atoms with Gasteiger partial charge in [-0.15, -0.1) is 0 Å². The van der Waals surface area contributed by atoms with Gasteiger partial charge in [0.25, 0.3) is 0 Å². The second-order valence-corrected chi connectivity index (χ2v) is 3.96. The van der Waals surface area contributed by atoms with Gasteiger partial charge in [0.05, 0.1) is 6.04 Å². The third-order valence-electron chi connectivity index (χ3n) is 2.61. The fourth-order valence-electron chi connectivity index (χ4n) is 1.70. The molecule has 2 heteroatoms. The zero-order chi connectivity index (χ0) is 12.1. The topological polar surface area (TPSA) is 29.1 Å². The van der Waals surface area contributed by atoms with Crippen LogP contribution in [0.25, 0.3) is 0 Å². The Balaban J connectivity index is 2.06. The van der Waals surface area contributed by atoms with Crippen LogP contribution in [0.5, 0.6) is 0 Å². The summed E-state index contributed by atoms with van der Waals surface area (Å²) in [5.41, 5.74) is 1.70. The van der Waals surface area contributed by atoms with E-state index in [2.05, 4.69) is 5.32 Å². The van der Waals surface area contributed by atoms with Crippen molar-refractivity contribution >= 4 is 11.5 Å². The number of nitrogens with one attached hydrogen (secondary N) is 1. The third kappa shape index (κ3) is 2.94. The molecule has 0 amide bonds. The van der Waals surface area contributed by atoms with Gasteiger partial charge in [-0.3, -0.25) is 4.79 Å². The van der Waals surface area contributed by atoms with Crippen LogP contribution in [0.15, 0.2) is 60.7 Å². The molecule has 2 rings (SSSR count). The van der Waals surface area contributed by atoms with Crippen LogP contribution in [0.3, 0.4) is 0 Å². The van der Waals surface area contributed by atoms with Gasteiger partial charge < -0.3 is 5.32 Å². The van der Waals surface area contributed by atoms with Crippen LogP contribution in [-0.2, 0) is 0 Å². The summed E-state index contributed by atoms with van der Waals surface area (Å²) >= 11 is 0. The second kappa shape index (κ2) is 5.30. The summed E-state index contributed by atoms with van der Waals surface area (Å²) in [6.07, 6.45) is 0. The van der Waals surface area contributed by atoms with Crippen LogP contribution in [-0.4, -0.2) is 11.8 Å². The number of hydrogen-bond donors (Lipinski definition) is 1. The molecule has 2 aromatic carbocycles. The molecule has 0 aliphatic heterocycles. The minimum atomic E-state index is -0.222. The summed E-state index contributed by atoms with van der Waals surface area (Å²) < 4.78 is 0. The highest BCUT2D eigenvalue weighted by molar-refractivity contribution is 6.01. The summed E-state index contributed by atoms with van der Waals surface area (Å²) in [5.74, 6) is 0.106. The zero-order valence-corrected chi connectivity index (χ0v) is 9.76. The van der Waals surface area contributed by atoms with E-state index < -0.39 is 0 Å². The number of Topliss-reactive ketones (excluding diaryl/α,β-unsaturated/α-hetero) is 1. The zero-order valence-electron chi connectivity index (χ0n) is 9.76. The number of carbonyl (C=O) groups excluding carboxylic acids is 1. The van der Waals surface area contributed by atoms with Crippen LogP contribution in [0.2, 0.25) is 0 Å². The van der Waals surface area contributed by atoms with E-state index in [0.29, 0.717) is 0 Å². The Hall–Kier alpha value is -2.09. The lowest BCUT2D eigenvalue weighted by atomic mass is 10.1. The number of rotatable bonds is 4. The van der Waals surface area contributed by atoms with Crippen molar-refractivity contribution in [3.05, 3.63) is 66.2 Å². The molecule has 2 nitrogen and oxygen atoms in total. The highest BCUT2D eigenvalue weighted by atomic mass is 16.1. The van der Waals surface area contributed by atoms with Crippen molar-refractivity contribution in [2.75, 3.05) is 5.32 Å². The SMILES string of the molecule is C[C@@H](Nc1ccccc1)C(=O)c1ccccc1. The molecule has 0 bridgehead atoms. The van der Waals surface area contributed by atoms with Crippen molar-refractivity contribution in [1.82, 2.24) is 0 Å². The van der Waals surface area contributed by atoms with E-state index >= 15 is 0 Å². The Kier molecular flexibility index (Phi) is 3.55. The number of ketones is 1. The van der Waals surface area contributed by atoms with Gasteiger partial charge in [0.2, 0.25) is 0 Å². The average Bonchev–Trinajstić information content (AvgIpc) is 2.40. The smallest absolute Gasteiger partial charge is 0.184 e. The van der Waals surface area contributed by atoms with E-state index in [1.54, 1.807) is 0 Å². The molecule has 1 N–H and O–H groups in total. The highest BCUT2D eigenvalue weighted by Gasteiger charge is 2.13. The molecule has 0 aliphatic carbocycles. The molecule has 17 heavy (non-hydrogen) atoms. The number of para-hydroxylation sites is 1. The van der Waals surface area contributed by atoms with Crippen LogP contribution in [0.4, 0.5) is 5.69 Å². The summed E-state index contributed by atoms with van der Waals surface area (Å²) in [4.78, 5) is 12.1. The van der Waals surface area contributed by atoms with Gasteiger partial charge in [0, 0.05) is 11.3 Å². The Labute approximate surface area is 101 Å². The monoisotopic (exact) mass is 225 g/mol. The van der Waals surface area contributed by atoms with Gasteiger partial charge >= 0.3 is 0 Å². The highest BCUT2D eigenvalue weighted by Crippen LogP contribution is 2.10. The molecule has 0 heterocycles. The van der Waals surface area contributed by atoms with E-state index in [1.807, 2.05) is 67.6 Å². The van der Waals surface area contributed by atoms with E-state index in [-0.39, 0.29) is 11.8 Å².